The first-order chi connectivity index (χ1) is 6.16. The van der Waals surface area contributed by atoms with Crippen LogP contribution in [0.2, 0.25) is 0 Å². The maximum atomic E-state index is 5.64. The van der Waals surface area contributed by atoms with Crippen molar-refractivity contribution in [3.05, 3.63) is 0 Å². The van der Waals surface area contributed by atoms with Crippen molar-refractivity contribution < 1.29 is 14.2 Å². The van der Waals surface area contributed by atoms with Crippen LogP contribution in [0.15, 0.2) is 0 Å². The first kappa shape index (κ1) is 9.44. The van der Waals surface area contributed by atoms with Crippen LogP contribution in [0, 0.1) is 5.92 Å². The summed E-state index contributed by atoms with van der Waals surface area (Å²) in [5, 5.41) is 0. The van der Waals surface area contributed by atoms with Gasteiger partial charge in [0.15, 0.2) is 6.29 Å². The molecule has 0 unspecified atom stereocenters. The van der Waals surface area contributed by atoms with E-state index in [0.29, 0.717) is 12.0 Å². The molecule has 0 aliphatic carbocycles. The number of rotatable bonds is 3. The molecule has 0 spiro atoms. The number of hydrogen-bond acceptors (Lipinski definition) is 3. The summed E-state index contributed by atoms with van der Waals surface area (Å²) in [4.78, 5) is 0. The Morgan fingerprint density at radius 1 is 1.38 bits per heavy atom. The minimum atomic E-state index is -0.115. The van der Waals surface area contributed by atoms with Crippen LogP contribution < -0.4 is 0 Å². The monoisotopic (exact) mass is 186 g/mol. The van der Waals surface area contributed by atoms with Crippen LogP contribution in [0.4, 0.5) is 0 Å². The van der Waals surface area contributed by atoms with Gasteiger partial charge < -0.3 is 14.2 Å². The predicted octanol–water partition coefficient (Wildman–Crippen LogP) is 1.56. The van der Waals surface area contributed by atoms with Crippen molar-refractivity contribution in [2.75, 3.05) is 6.61 Å². The zero-order chi connectivity index (χ0) is 9.42. The lowest BCUT2D eigenvalue weighted by molar-refractivity contribution is -0.188. The second-order valence-electron chi connectivity index (χ2n) is 4.42. The van der Waals surface area contributed by atoms with Gasteiger partial charge in [-0.1, -0.05) is 13.8 Å². The van der Waals surface area contributed by atoms with Gasteiger partial charge in [0, 0.05) is 6.42 Å². The fraction of sp³-hybridized carbons (Fsp3) is 1.00. The lowest BCUT2D eigenvalue weighted by Crippen LogP contribution is -2.35. The summed E-state index contributed by atoms with van der Waals surface area (Å²) in [7, 11) is 0. The number of fused-ring (bicyclic) bond motifs is 1. The topological polar surface area (TPSA) is 31.0 Å². The SMILES string of the molecule is CC(C)CO[C@H]1O[C@H](C)C[C@@H]2O[C@H]12. The zero-order valence-electron chi connectivity index (χ0n) is 8.53. The average Bonchev–Trinajstić information content (AvgIpc) is 2.78. The Bertz CT molecular complexity index is 181. The van der Waals surface area contributed by atoms with E-state index in [1.54, 1.807) is 0 Å². The molecule has 2 fully saturated rings. The lowest BCUT2D eigenvalue weighted by Gasteiger charge is -2.25. The molecule has 76 valence electrons. The van der Waals surface area contributed by atoms with E-state index in [2.05, 4.69) is 20.8 Å². The van der Waals surface area contributed by atoms with Gasteiger partial charge in [-0.3, -0.25) is 0 Å². The molecule has 0 saturated carbocycles. The van der Waals surface area contributed by atoms with Crippen molar-refractivity contribution in [2.45, 2.75) is 51.8 Å². The molecule has 2 aliphatic rings. The maximum Gasteiger partial charge on any atom is 0.186 e. The van der Waals surface area contributed by atoms with E-state index in [1.165, 1.54) is 0 Å². The highest BCUT2D eigenvalue weighted by Crippen LogP contribution is 2.37. The molecule has 3 nitrogen and oxygen atoms in total. The van der Waals surface area contributed by atoms with Gasteiger partial charge in [-0.15, -0.1) is 0 Å². The molecule has 0 aromatic carbocycles. The quantitative estimate of drug-likeness (QED) is 0.627. The molecule has 2 saturated heterocycles. The summed E-state index contributed by atoms with van der Waals surface area (Å²) >= 11 is 0. The Hall–Kier alpha value is -0.120. The van der Waals surface area contributed by atoms with Crippen LogP contribution in [-0.2, 0) is 14.2 Å². The molecule has 2 aliphatic heterocycles. The van der Waals surface area contributed by atoms with Crippen molar-refractivity contribution in [3.8, 4) is 0 Å². The molecule has 4 atom stereocenters. The Labute approximate surface area is 79.4 Å². The molecule has 0 aromatic heterocycles. The highest BCUT2D eigenvalue weighted by molar-refractivity contribution is 4.93. The molecule has 2 rings (SSSR count). The Morgan fingerprint density at radius 3 is 2.85 bits per heavy atom. The standard InChI is InChI=1S/C10H18O3/c1-6(2)5-11-10-9-8(13-9)4-7(3)12-10/h6-10H,4-5H2,1-3H3/t7-,8+,9+,10+/m1/s1. The molecule has 0 bridgehead atoms. The average molecular weight is 186 g/mol. The molecule has 0 N–H and O–H groups in total. The summed E-state index contributed by atoms with van der Waals surface area (Å²) < 4.78 is 16.7. The van der Waals surface area contributed by atoms with Crippen LogP contribution in [0.1, 0.15) is 27.2 Å². The van der Waals surface area contributed by atoms with Crippen LogP contribution in [-0.4, -0.2) is 31.2 Å². The van der Waals surface area contributed by atoms with E-state index in [1.807, 2.05) is 0 Å². The third-order valence-corrected chi connectivity index (χ3v) is 2.41. The molecule has 3 heteroatoms. The zero-order valence-corrected chi connectivity index (χ0v) is 8.53. The molecule has 0 amide bonds. The fourth-order valence-electron chi connectivity index (χ4n) is 1.70. The van der Waals surface area contributed by atoms with Crippen molar-refractivity contribution in [1.82, 2.24) is 0 Å². The van der Waals surface area contributed by atoms with E-state index in [4.69, 9.17) is 14.2 Å². The van der Waals surface area contributed by atoms with Gasteiger partial charge in [-0.25, -0.2) is 0 Å². The van der Waals surface area contributed by atoms with Gasteiger partial charge in [-0.2, -0.15) is 0 Å². The summed E-state index contributed by atoms with van der Waals surface area (Å²) in [6, 6.07) is 0. The lowest BCUT2D eigenvalue weighted by atomic mass is 10.1. The molecular weight excluding hydrogens is 168 g/mol. The van der Waals surface area contributed by atoms with Crippen molar-refractivity contribution in [3.63, 3.8) is 0 Å². The van der Waals surface area contributed by atoms with Gasteiger partial charge in [0.1, 0.15) is 6.10 Å². The van der Waals surface area contributed by atoms with E-state index in [-0.39, 0.29) is 18.5 Å². The fourth-order valence-corrected chi connectivity index (χ4v) is 1.70. The molecule has 13 heavy (non-hydrogen) atoms. The Morgan fingerprint density at radius 2 is 2.15 bits per heavy atom. The van der Waals surface area contributed by atoms with E-state index >= 15 is 0 Å². The van der Waals surface area contributed by atoms with Crippen LogP contribution in [0.5, 0.6) is 0 Å². The third-order valence-electron chi connectivity index (χ3n) is 2.41. The summed E-state index contributed by atoms with van der Waals surface area (Å²) in [5.74, 6) is 0.554. The smallest absolute Gasteiger partial charge is 0.186 e. The first-order valence-corrected chi connectivity index (χ1v) is 5.09. The second kappa shape index (κ2) is 3.56. The highest BCUT2D eigenvalue weighted by atomic mass is 16.7. The van der Waals surface area contributed by atoms with Gasteiger partial charge in [-0.05, 0) is 12.8 Å². The van der Waals surface area contributed by atoms with Gasteiger partial charge in [0.2, 0.25) is 0 Å². The van der Waals surface area contributed by atoms with E-state index in [9.17, 15) is 0 Å². The third kappa shape index (κ3) is 2.22. The van der Waals surface area contributed by atoms with Crippen molar-refractivity contribution in [1.29, 1.82) is 0 Å². The van der Waals surface area contributed by atoms with E-state index in [0.717, 1.165) is 13.0 Å². The van der Waals surface area contributed by atoms with Gasteiger partial charge in [0.25, 0.3) is 0 Å². The van der Waals surface area contributed by atoms with Crippen molar-refractivity contribution >= 4 is 0 Å². The van der Waals surface area contributed by atoms with E-state index < -0.39 is 0 Å². The molecule has 2 heterocycles. The van der Waals surface area contributed by atoms with Crippen LogP contribution in [0.25, 0.3) is 0 Å². The second-order valence-corrected chi connectivity index (χ2v) is 4.42. The Balaban J connectivity index is 1.78. The van der Waals surface area contributed by atoms with Crippen molar-refractivity contribution in [2.24, 2.45) is 5.92 Å². The molecule has 0 radical (unpaired) electrons. The minimum Gasteiger partial charge on any atom is -0.364 e. The van der Waals surface area contributed by atoms with Gasteiger partial charge >= 0.3 is 0 Å². The summed E-state index contributed by atoms with van der Waals surface area (Å²) in [6.07, 6.45) is 1.81. The van der Waals surface area contributed by atoms with Crippen LogP contribution >= 0.6 is 0 Å². The highest BCUT2D eigenvalue weighted by Gasteiger charge is 2.51. The van der Waals surface area contributed by atoms with Gasteiger partial charge in [0.05, 0.1) is 18.8 Å². The Kier molecular flexibility index (Phi) is 2.58. The largest absolute Gasteiger partial charge is 0.364 e. The normalized spacial score (nSPS) is 43.4. The predicted molar refractivity (Wildman–Crippen MR) is 48.4 cm³/mol. The minimum absolute atomic E-state index is 0.115. The van der Waals surface area contributed by atoms with Crippen LogP contribution in [0.3, 0.4) is 0 Å². The summed E-state index contributed by atoms with van der Waals surface area (Å²) in [6.45, 7) is 7.10. The molecular formula is C10H18O3. The maximum absolute atomic E-state index is 5.64. The summed E-state index contributed by atoms with van der Waals surface area (Å²) in [5.41, 5.74) is 0. The number of epoxide rings is 1. The first-order valence-electron chi connectivity index (χ1n) is 5.09. The number of ether oxygens (including phenoxy) is 3. The number of hydrogen-bond donors (Lipinski definition) is 0. The molecule has 0 aromatic rings.